The molecule has 2 aromatic carbocycles. The Hall–Kier alpha value is -2.78. The van der Waals surface area contributed by atoms with Gasteiger partial charge < -0.3 is 5.32 Å². The van der Waals surface area contributed by atoms with Crippen molar-refractivity contribution in [3.63, 3.8) is 0 Å². The summed E-state index contributed by atoms with van der Waals surface area (Å²) in [5.41, 5.74) is 0.467. The largest absolute Gasteiger partial charge is 0.301 e. The van der Waals surface area contributed by atoms with E-state index in [9.17, 15) is 22.4 Å². The number of thiazole rings is 1. The highest BCUT2D eigenvalue weighted by molar-refractivity contribution is 7.14. The van der Waals surface area contributed by atoms with Gasteiger partial charge in [-0.25, -0.2) is 22.5 Å². The van der Waals surface area contributed by atoms with Gasteiger partial charge in [-0.1, -0.05) is 6.07 Å². The molecule has 0 unspecified atom stereocenters. The van der Waals surface area contributed by atoms with E-state index in [2.05, 4.69) is 10.3 Å². The maximum absolute atomic E-state index is 13.8. The molecular formula is C19H15F4N3OS. The number of benzene rings is 2. The Labute approximate surface area is 162 Å². The molecule has 0 fully saturated rings. The van der Waals surface area contributed by atoms with Crippen molar-refractivity contribution in [2.75, 3.05) is 18.9 Å². The van der Waals surface area contributed by atoms with Crippen LogP contribution in [0.15, 0.2) is 41.8 Å². The maximum Gasteiger partial charge on any atom is 0.240 e. The van der Waals surface area contributed by atoms with Gasteiger partial charge in [0.05, 0.1) is 12.2 Å². The summed E-state index contributed by atoms with van der Waals surface area (Å²) >= 11 is 1.07. The maximum atomic E-state index is 13.8. The summed E-state index contributed by atoms with van der Waals surface area (Å²) in [6.45, 7) is 0.0389. The Bertz CT molecular complexity index is 1010. The fourth-order valence-electron chi connectivity index (χ4n) is 2.55. The number of carbonyl (C=O) groups is 1. The average molecular weight is 409 g/mol. The molecule has 3 aromatic rings. The number of carbonyl (C=O) groups excluding carboxylic acids is 1. The summed E-state index contributed by atoms with van der Waals surface area (Å²) in [7, 11) is 1.61. The lowest BCUT2D eigenvalue weighted by atomic mass is 10.1. The van der Waals surface area contributed by atoms with E-state index >= 15 is 0 Å². The smallest absolute Gasteiger partial charge is 0.240 e. The number of rotatable bonds is 6. The van der Waals surface area contributed by atoms with Gasteiger partial charge in [0.25, 0.3) is 0 Å². The van der Waals surface area contributed by atoms with Crippen LogP contribution in [-0.2, 0) is 11.3 Å². The highest BCUT2D eigenvalue weighted by atomic mass is 32.1. The third-order valence-electron chi connectivity index (χ3n) is 3.82. The molecule has 146 valence electrons. The van der Waals surface area contributed by atoms with Crippen molar-refractivity contribution in [1.82, 2.24) is 9.88 Å². The summed E-state index contributed by atoms with van der Waals surface area (Å²) in [4.78, 5) is 17.8. The number of halogens is 4. The normalized spacial score (nSPS) is 11.1. The van der Waals surface area contributed by atoms with Crippen LogP contribution < -0.4 is 5.32 Å². The Morgan fingerprint density at radius 3 is 2.54 bits per heavy atom. The van der Waals surface area contributed by atoms with E-state index in [-0.39, 0.29) is 35.0 Å². The number of nitrogens with zero attached hydrogens (tertiary/aromatic N) is 2. The number of likely N-dealkylation sites (N-methyl/N-ethyl adjacent to an activating group) is 1. The second-order valence-electron chi connectivity index (χ2n) is 6.12. The second-order valence-corrected chi connectivity index (χ2v) is 6.98. The molecule has 0 saturated carbocycles. The van der Waals surface area contributed by atoms with Crippen molar-refractivity contribution in [3.8, 4) is 11.3 Å². The van der Waals surface area contributed by atoms with Gasteiger partial charge in [0.1, 0.15) is 23.3 Å². The molecule has 0 saturated heterocycles. The molecule has 1 N–H and O–H groups in total. The van der Waals surface area contributed by atoms with Gasteiger partial charge in [-0.2, -0.15) is 0 Å². The zero-order valence-corrected chi connectivity index (χ0v) is 15.5. The molecule has 28 heavy (non-hydrogen) atoms. The van der Waals surface area contributed by atoms with Crippen LogP contribution in [0.5, 0.6) is 0 Å². The minimum Gasteiger partial charge on any atom is -0.301 e. The van der Waals surface area contributed by atoms with Crippen molar-refractivity contribution in [3.05, 3.63) is 70.6 Å². The van der Waals surface area contributed by atoms with Gasteiger partial charge in [-0.3, -0.25) is 9.69 Å². The van der Waals surface area contributed by atoms with E-state index in [1.165, 1.54) is 11.4 Å². The molecule has 1 aromatic heterocycles. The monoisotopic (exact) mass is 409 g/mol. The van der Waals surface area contributed by atoms with Crippen LogP contribution in [0, 0.1) is 23.3 Å². The average Bonchev–Trinajstić information content (AvgIpc) is 3.07. The van der Waals surface area contributed by atoms with Crippen LogP contribution in [0.3, 0.4) is 0 Å². The van der Waals surface area contributed by atoms with Crippen LogP contribution in [0.1, 0.15) is 5.56 Å². The first-order valence-corrected chi connectivity index (χ1v) is 9.03. The summed E-state index contributed by atoms with van der Waals surface area (Å²) in [5.74, 6) is -2.98. The molecular weight excluding hydrogens is 394 g/mol. The van der Waals surface area contributed by atoms with Gasteiger partial charge in [0.15, 0.2) is 5.13 Å². The SMILES string of the molecule is CN(CC(=O)Nc1nc(-c2cc(F)ccc2F)cs1)Cc1ccc(F)cc1F. The first-order valence-electron chi connectivity index (χ1n) is 8.15. The fourth-order valence-corrected chi connectivity index (χ4v) is 3.28. The van der Waals surface area contributed by atoms with Crippen LogP contribution in [0.2, 0.25) is 0 Å². The first kappa shape index (κ1) is 20.0. The van der Waals surface area contributed by atoms with Crippen molar-refractivity contribution < 1.29 is 22.4 Å². The Morgan fingerprint density at radius 1 is 1.07 bits per heavy atom. The summed E-state index contributed by atoms with van der Waals surface area (Å²) in [6, 6.07) is 6.29. The number of hydrogen-bond acceptors (Lipinski definition) is 4. The Kier molecular flexibility index (Phi) is 6.05. The van der Waals surface area contributed by atoms with Crippen LogP contribution >= 0.6 is 11.3 Å². The van der Waals surface area contributed by atoms with E-state index in [0.29, 0.717) is 0 Å². The second kappa shape index (κ2) is 8.49. The van der Waals surface area contributed by atoms with E-state index in [0.717, 1.165) is 41.7 Å². The number of aromatic nitrogens is 1. The quantitative estimate of drug-likeness (QED) is 0.613. The van der Waals surface area contributed by atoms with Crippen molar-refractivity contribution in [2.24, 2.45) is 0 Å². The summed E-state index contributed by atoms with van der Waals surface area (Å²) in [6.07, 6.45) is 0. The molecule has 9 heteroatoms. The van der Waals surface area contributed by atoms with Gasteiger partial charge in [0.2, 0.25) is 5.91 Å². The van der Waals surface area contributed by atoms with E-state index in [1.807, 2.05) is 0 Å². The lowest BCUT2D eigenvalue weighted by Gasteiger charge is -2.16. The number of amides is 1. The first-order chi connectivity index (χ1) is 13.3. The highest BCUT2D eigenvalue weighted by Crippen LogP contribution is 2.27. The fraction of sp³-hybridized carbons (Fsp3) is 0.158. The summed E-state index contributed by atoms with van der Waals surface area (Å²) < 4.78 is 53.8. The van der Waals surface area contributed by atoms with Gasteiger partial charge >= 0.3 is 0 Å². The Balaban J connectivity index is 1.60. The molecule has 3 rings (SSSR count). The molecule has 0 aliphatic rings. The van der Waals surface area contributed by atoms with E-state index in [4.69, 9.17) is 0 Å². The van der Waals surface area contributed by atoms with Gasteiger partial charge in [-0.15, -0.1) is 11.3 Å². The number of hydrogen-bond donors (Lipinski definition) is 1. The Morgan fingerprint density at radius 2 is 1.79 bits per heavy atom. The highest BCUT2D eigenvalue weighted by Gasteiger charge is 2.14. The molecule has 0 atom stereocenters. The molecule has 0 bridgehead atoms. The van der Waals surface area contributed by atoms with E-state index < -0.39 is 29.2 Å². The van der Waals surface area contributed by atoms with Crippen molar-refractivity contribution in [1.29, 1.82) is 0 Å². The van der Waals surface area contributed by atoms with E-state index in [1.54, 1.807) is 11.9 Å². The molecule has 1 heterocycles. The van der Waals surface area contributed by atoms with Gasteiger partial charge in [-0.05, 0) is 31.3 Å². The molecule has 0 aliphatic heterocycles. The lowest BCUT2D eigenvalue weighted by Crippen LogP contribution is -2.30. The van der Waals surface area contributed by atoms with Crippen molar-refractivity contribution >= 4 is 22.4 Å². The summed E-state index contributed by atoms with van der Waals surface area (Å²) in [5, 5.41) is 4.30. The van der Waals surface area contributed by atoms with Crippen molar-refractivity contribution in [2.45, 2.75) is 6.54 Å². The van der Waals surface area contributed by atoms with Crippen LogP contribution in [0.25, 0.3) is 11.3 Å². The zero-order chi connectivity index (χ0) is 20.3. The van der Waals surface area contributed by atoms with Gasteiger partial charge in [0, 0.05) is 29.1 Å². The standard InChI is InChI=1S/C19H15F4N3OS/c1-26(8-11-2-3-13(21)7-16(11)23)9-18(27)25-19-24-17(10-28-19)14-6-12(20)4-5-15(14)22/h2-7,10H,8-9H2,1H3,(H,24,25,27). The predicted octanol–water partition coefficient (Wildman–Crippen LogP) is 4.44. The zero-order valence-electron chi connectivity index (χ0n) is 14.7. The minimum atomic E-state index is -0.686. The van der Waals surface area contributed by atoms with Crippen LogP contribution in [-0.4, -0.2) is 29.4 Å². The molecule has 0 radical (unpaired) electrons. The molecule has 0 aliphatic carbocycles. The molecule has 1 amide bonds. The topological polar surface area (TPSA) is 45.2 Å². The predicted molar refractivity (Wildman–Crippen MR) is 98.8 cm³/mol. The number of anilines is 1. The number of nitrogens with one attached hydrogen (secondary N) is 1. The minimum absolute atomic E-state index is 0.000604. The van der Waals surface area contributed by atoms with Crippen LogP contribution in [0.4, 0.5) is 22.7 Å². The third-order valence-corrected chi connectivity index (χ3v) is 4.58. The lowest BCUT2D eigenvalue weighted by molar-refractivity contribution is -0.117. The molecule has 0 spiro atoms. The third kappa shape index (κ3) is 4.93. The molecule has 4 nitrogen and oxygen atoms in total.